The number of rotatable bonds is 9. The Bertz CT molecular complexity index is 881. The summed E-state index contributed by atoms with van der Waals surface area (Å²) in [7, 11) is 0. The molecule has 0 radical (unpaired) electrons. The molecule has 7 nitrogen and oxygen atoms in total. The van der Waals surface area contributed by atoms with E-state index in [0.29, 0.717) is 6.54 Å². The van der Waals surface area contributed by atoms with E-state index in [9.17, 15) is 0 Å². The maximum Gasteiger partial charge on any atom is 0.191 e. The van der Waals surface area contributed by atoms with Gasteiger partial charge in [0.25, 0.3) is 0 Å². The number of halogens is 1. The average Bonchev–Trinajstić information content (AvgIpc) is 3.42. The smallest absolute Gasteiger partial charge is 0.191 e. The number of aliphatic imine (C=N–C) groups is 1. The summed E-state index contributed by atoms with van der Waals surface area (Å²) in [6.45, 7) is 8.43. The van der Waals surface area contributed by atoms with Crippen LogP contribution in [0, 0.1) is 0 Å². The second-order valence-corrected chi connectivity index (χ2v) is 6.73. The van der Waals surface area contributed by atoms with Gasteiger partial charge in [0, 0.05) is 37.5 Å². The predicted molar refractivity (Wildman–Crippen MR) is 131 cm³/mol. The Morgan fingerprint density at radius 1 is 1.10 bits per heavy atom. The van der Waals surface area contributed by atoms with Gasteiger partial charge in [-0.15, -0.1) is 24.0 Å². The van der Waals surface area contributed by atoms with Gasteiger partial charge in [-0.2, -0.15) is 5.10 Å². The zero-order valence-electron chi connectivity index (χ0n) is 17.9. The largest absolute Gasteiger partial charge is 0.361 e. The molecule has 1 aromatic carbocycles. The second kappa shape index (κ2) is 12.4. The Kier molecular flexibility index (Phi) is 9.85. The standard InChI is InChI=1S/C22H30N6O.HI/c1-4-20-19(21(5-2)29-27-20)16-25-22(23-6-3)24-14-12-17-8-10-18(11-9-17)28-15-7-13-26-28;/h7-11,13,15H,4-6,12,14,16H2,1-3H3,(H2,23,24,25);1H. The highest BCUT2D eigenvalue weighted by molar-refractivity contribution is 14.0. The lowest BCUT2D eigenvalue weighted by atomic mass is 10.1. The highest BCUT2D eigenvalue weighted by atomic mass is 127. The summed E-state index contributed by atoms with van der Waals surface area (Å²) in [5.74, 6) is 1.74. The fraction of sp³-hybridized carbons (Fsp3) is 0.409. The van der Waals surface area contributed by atoms with Gasteiger partial charge in [-0.3, -0.25) is 0 Å². The first kappa shape index (κ1) is 23.9. The van der Waals surface area contributed by atoms with Gasteiger partial charge in [0.05, 0.1) is 17.9 Å². The summed E-state index contributed by atoms with van der Waals surface area (Å²) in [4.78, 5) is 4.74. The predicted octanol–water partition coefficient (Wildman–Crippen LogP) is 3.90. The molecule has 2 heterocycles. The van der Waals surface area contributed by atoms with Crippen LogP contribution in [0.5, 0.6) is 0 Å². The van der Waals surface area contributed by atoms with Crippen LogP contribution in [0.25, 0.3) is 5.69 Å². The van der Waals surface area contributed by atoms with Crippen molar-refractivity contribution in [1.29, 1.82) is 0 Å². The minimum atomic E-state index is 0. The van der Waals surface area contributed by atoms with Crippen molar-refractivity contribution in [1.82, 2.24) is 25.6 Å². The van der Waals surface area contributed by atoms with E-state index in [1.54, 1.807) is 6.20 Å². The van der Waals surface area contributed by atoms with E-state index in [1.807, 2.05) is 16.9 Å². The Labute approximate surface area is 195 Å². The minimum absolute atomic E-state index is 0. The molecule has 0 fully saturated rings. The van der Waals surface area contributed by atoms with Crippen molar-refractivity contribution < 1.29 is 4.52 Å². The van der Waals surface area contributed by atoms with Gasteiger partial charge < -0.3 is 15.2 Å². The molecule has 162 valence electrons. The van der Waals surface area contributed by atoms with E-state index in [0.717, 1.165) is 61.0 Å². The van der Waals surface area contributed by atoms with Gasteiger partial charge >= 0.3 is 0 Å². The number of nitrogens with one attached hydrogen (secondary N) is 2. The van der Waals surface area contributed by atoms with Crippen LogP contribution < -0.4 is 10.6 Å². The van der Waals surface area contributed by atoms with Crippen molar-refractivity contribution in [3.63, 3.8) is 0 Å². The molecular formula is C22H31IN6O. The quantitative estimate of drug-likeness (QED) is 0.253. The van der Waals surface area contributed by atoms with E-state index in [2.05, 4.69) is 65.9 Å². The normalized spacial score (nSPS) is 11.2. The van der Waals surface area contributed by atoms with Crippen molar-refractivity contribution in [3.05, 3.63) is 65.3 Å². The molecule has 2 aromatic heterocycles. The lowest BCUT2D eigenvalue weighted by Gasteiger charge is -2.12. The molecule has 2 N–H and O–H groups in total. The van der Waals surface area contributed by atoms with Gasteiger partial charge in [0.15, 0.2) is 5.96 Å². The van der Waals surface area contributed by atoms with Crippen molar-refractivity contribution in [3.8, 4) is 5.69 Å². The highest BCUT2D eigenvalue weighted by Gasteiger charge is 2.13. The van der Waals surface area contributed by atoms with Gasteiger partial charge in [-0.25, -0.2) is 9.67 Å². The van der Waals surface area contributed by atoms with E-state index in [1.165, 1.54) is 5.56 Å². The van der Waals surface area contributed by atoms with Crippen LogP contribution in [0.4, 0.5) is 0 Å². The molecule has 3 rings (SSSR count). The average molecular weight is 522 g/mol. The molecule has 0 saturated carbocycles. The molecule has 0 bridgehead atoms. The number of guanidine groups is 1. The molecule has 0 aliphatic carbocycles. The number of nitrogens with zero attached hydrogens (tertiary/aromatic N) is 4. The van der Waals surface area contributed by atoms with Crippen LogP contribution >= 0.6 is 24.0 Å². The highest BCUT2D eigenvalue weighted by Crippen LogP contribution is 2.16. The van der Waals surface area contributed by atoms with Crippen LogP contribution in [-0.4, -0.2) is 34.0 Å². The van der Waals surface area contributed by atoms with Crippen LogP contribution in [0.2, 0.25) is 0 Å². The molecule has 0 spiro atoms. The maximum atomic E-state index is 5.44. The fourth-order valence-corrected chi connectivity index (χ4v) is 3.18. The number of aryl methyl sites for hydroxylation is 2. The van der Waals surface area contributed by atoms with Crippen molar-refractivity contribution in [2.24, 2.45) is 4.99 Å². The number of aromatic nitrogens is 3. The molecule has 8 heteroatoms. The van der Waals surface area contributed by atoms with E-state index < -0.39 is 0 Å². The van der Waals surface area contributed by atoms with Gasteiger partial charge in [-0.1, -0.05) is 31.1 Å². The molecule has 0 aliphatic rings. The van der Waals surface area contributed by atoms with Crippen LogP contribution in [0.1, 0.15) is 43.4 Å². The zero-order chi connectivity index (χ0) is 20.5. The zero-order valence-corrected chi connectivity index (χ0v) is 20.2. The third-order valence-corrected chi connectivity index (χ3v) is 4.76. The molecule has 30 heavy (non-hydrogen) atoms. The number of benzene rings is 1. The minimum Gasteiger partial charge on any atom is -0.361 e. The third kappa shape index (κ3) is 6.32. The molecule has 0 atom stereocenters. The molecule has 0 aliphatic heterocycles. The van der Waals surface area contributed by atoms with Crippen molar-refractivity contribution in [2.45, 2.75) is 46.6 Å². The Morgan fingerprint density at radius 2 is 1.90 bits per heavy atom. The Morgan fingerprint density at radius 3 is 2.53 bits per heavy atom. The number of hydrogen-bond donors (Lipinski definition) is 2. The van der Waals surface area contributed by atoms with E-state index in [-0.39, 0.29) is 24.0 Å². The fourth-order valence-electron chi connectivity index (χ4n) is 3.18. The molecule has 0 amide bonds. The van der Waals surface area contributed by atoms with Crippen LogP contribution in [0.15, 0.2) is 52.2 Å². The summed E-state index contributed by atoms with van der Waals surface area (Å²) in [6.07, 6.45) is 6.33. The van der Waals surface area contributed by atoms with E-state index >= 15 is 0 Å². The van der Waals surface area contributed by atoms with Crippen molar-refractivity contribution in [2.75, 3.05) is 13.1 Å². The van der Waals surface area contributed by atoms with Crippen LogP contribution in [0.3, 0.4) is 0 Å². The first-order valence-corrected chi connectivity index (χ1v) is 10.3. The van der Waals surface area contributed by atoms with Crippen LogP contribution in [-0.2, 0) is 25.8 Å². The summed E-state index contributed by atoms with van der Waals surface area (Å²) < 4.78 is 7.30. The Balaban J connectivity index is 0.00000320. The first-order valence-electron chi connectivity index (χ1n) is 10.3. The summed E-state index contributed by atoms with van der Waals surface area (Å²) in [6, 6.07) is 10.4. The van der Waals surface area contributed by atoms with Gasteiger partial charge in [-0.05, 0) is 43.5 Å². The molecule has 0 saturated heterocycles. The first-order chi connectivity index (χ1) is 14.2. The lowest BCUT2D eigenvalue weighted by molar-refractivity contribution is 0.380. The topological polar surface area (TPSA) is 80.3 Å². The van der Waals surface area contributed by atoms with E-state index in [4.69, 9.17) is 9.52 Å². The van der Waals surface area contributed by atoms with Crippen molar-refractivity contribution >= 4 is 29.9 Å². The van der Waals surface area contributed by atoms with Gasteiger partial charge in [0.1, 0.15) is 5.76 Å². The summed E-state index contributed by atoms with van der Waals surface area (Å²) in [5, 5.41) is 15.2. The monoisotopic (exact) mass is 522 g/mol. The summed E-state index contributed by atoms with van der Waals surface area (Å²) in [5.41, 5.74) is 4.44. The van der Waals surface area contributed by atoms with Gasteiger partial charge in [0.2, 0.25) is 0 Å². The molecule has 0 unspecified atom stereocenters. The third-order valence-electron chi connectivity index (χ3n) is 4.76. The number of hydrogen-bond acceptors (Lipinski definition) is 4. The lowest BCUT2D eigenvalue weighted by Crippen LogP contribution is -2.38. The second-order valence-electron chi connectivity index (χ2n) is 6.73. The summed E-state index contributed by atoms with van der Waals surface area (Å²) >= 11 is 0. The SMILES string of the molecule is CCNC(=NCc1c(CC)noc1CC)NCCc1ccc(-n2cccn2)cc1.I. The Hall–Kier alpha value is -2.36. The maximum absolute atomic E-state index is 5.44. The molecular weight excluding hydrogens is 491 g/mol. The molecule has 3 aromatic rings.